The van der Waals surface area contributed by atoms with Crippen molar-refractivity contribution in [3.05, 3.63) is 35.6 Å². The first-order valence-electron chi connectivity index (χ1n) is 7.44. The fourth-order valence-corrected chi connectivity index (χ4v) is 1.92. The second-order valence-corrected chi connectivity index (χ2v) is 6.27. The lowest BCUT2D eigenvalue weighted by Crippen LogP contribution is -2.45. The monoisotopic (exact) mass is 339 g/mol. The number of ketones is 1. The first-order chi connectivity index (χ1) is 11.1. The van der Waals surface area contributed by atoms with Crippen molar-refractivity contribution in [2.75, 3.05) is 7.11 Å². The topological polar surface area (TPSA) is 81.7 Å². The number of esters is 1. The van der Waals surface area contributed by atoms with Crippen molar-refractivity contribution in [3.63, 3.8) is 0 Å². The average Bonchev–Trinajstić information content (AvgIpc) is 2.46. The van der Waals surface area contributed by atoms with Crippen LogP contribution in [0.1, 0.15) is 32.8 Å². The first kappa shape index (κ1) is 19.6. The summed E-state index contributed by atoms with van der Waals surface area (Å²) in [6, 6.07) is 4.33. The van der Waals surface area contributed by atoms with Gasteiger partial charge in [0, 0.05) is 12.8 Å². The Balaban J connectivity index is 2.68. The zero-order chi connectivity index (χ0) is 18.3. The van der Waals surface area contributed by atoms with Crippen LogP contribution in [0.25, 0.3) is 0 Å². The molecule has 24 heavy (non-hydrogen) atoms. The number of methoxy groups -OCH3 is 1. The Bertz CT molecular complexity index is 592. The number of carbonyl (C=O) groups is 3. The van der Waals surface area contributed by atoms with Gasteiger partial charge >= 0.3 is 12.1 Å². The molecule has 0 aromatic heterocycles. The van der Waals surface area contributed by atoms with Gasteiger partial charge in [-0.2, -0.15) is 0 Å². The summed E-state index contributed by atoms with van der Waals surface area (Å²) < 4.78 is 22.5. The molecule has 0 spiro atoms. The van der Waals surface area contributed by atoms with E-state index >= 15 is 0 Å². The van der Waals surface area contributed by atoms with Gasteiger partial charge in [-0.15, -0.1) is 0 Å². The molecule has 0 radical (unpaired) electrons. The van der Waals surface area contributed by atoms with E-state index in [4.69, 9.17) is 4.74 Å². The summed E-state index contributed by atoms with van der Waals surface area (Å²) in [5.41, 5.74) is -0.120. The molecule has 7 heteroatoms. The summed E-state index contributed by atoms with van der Waals surface area (Å²) >= 11 is 0. The van der Waals surface area contributed by atoms with Crippen LogP contribution in [0.2, 0.25) is 0 Å². The predicted octanol–water partition coefficient (Wildman–Crippen LogP) is 2.39. The van der Waals surface area contributed by atoms with E-state index in [1.807, 2.05) is 0 Å². The summed E-state index contributed by atoms with van der Waals surface area (Å²) in [7, 11) is 1.16. The largest absolute Gasteiger partial charge is 0.467 e. The summed E-state index contributed by atoms with van der Waals surface area (Å²) in [4.78, 5) is 35.6. The van der Waals surface area contributed by atoms with Crippen LogP contribution in [0.3, 0.4) is 0 Å². The van der Waals surface area contributed by atoms with E-state index in [0.29, 0.717) is 5.56 Å². The Hall–Kier alpha value is -2.44. The van der Waals surface area contributed by atoms with E-state index in [9.17, 15) is 18.8 Å². The van der Waals surface area contributed by atoms with Crippen LogP contribution in [0.5, 0.6) is 0 Å². The predicted molar refractivity (Wildman–Crippen MR) is 84.9 cm³/mol. The fourth-order valence-electron chi connectivity index (χ4n) is 1.92. The molecular weight excluding hydrogens is 317 g/mol. The Morgan fingerprint density at radius 3 is 2.25 bits per heavy atom. The molecule has 0 aliphatic rings. The molecule has 6 nitrogen and oxygen atoms in total. The minimum atomic E-state index is -1.14. The van der Waals surface area contributed by atoms with Gasteiger partial charge in [0.05, 0.1) is 7.11 Å². The molecule has 1 rings (SSSR count). The molecule has 0 saturated carbocycles. The molecule has 132 valence electrons. The molecule has 0 bridgehead atoms. The van der Waals surface area contributed by atoms with Gasteiger partial charge in [0.1, 0.15) is 23.2 Å². The normalized spacial score (nSPS) is 12.2. The molecule has 1 aromatic rings. The SMILES string of the molecule is COC(=O)[C@H](CC(=O)Cc1ccc(F)cc1)NC(=O)OC(C)(C)C. The number of ether oxygens (including phenoxy) is 2. The highest BCUT2D eigenvalue weighted by molar-refractivity contribution is 5.89. The first-order valence-corrected chi connectivity index (χ1v) is 7.44. The quantitative estimate of drug-likeness (QED) is 0.805. The zero-order valence-electron chi connectivity index (χ0n) is 14.2. The van der Waals surface area contributed by atoms with Crippen LogP contribution in [0.15, 0.2) is 24.3 Å². The lowest BCUT2D eigenvalue weighted by Gasteiger charge is -2.22. The van der Waals surface area contributed by atoms with E-state index in [0.717, 1.165) is 7.11 Å². The maximum Gasteiger partial charge on any atom is 0.408 e. The van der Waals surface area contributed by atoms with E-state index in [1.54, 1.807) is 20.8 Å². The van der Waals surface area contributed by atoms with Crippen molar-refractivity contribution in [2.24, 2.45) is 0 Å². The number of carbonyl (C=O) groups excluding carboxylic acids is 3. The maximum atomic E-state index is 12.9. The number of Topliss-reactive ketones (excluding diaryl/α,β-unsaturated/α-hetero) is 1. The molecular formula is C17H22FNO5. The second-order valence-electron chi connectivity index (χ2n) is 6.27. The third-order valence-corrected chi connectivity index (χ3v) is 2.92. The Kier molecular flexibility index (Phi) is 6.88. The van der Waals surface area contributed by atoms with Gasteiger partial charge in [-0.1, -0.05) is 12.1 Å². The smallest absolute Gasteiger partial charge is 0.408 e. The van der Waals surface area contributed by atoms with Crippen LogP contribution in [0.4, 0.5) is 9.18 Å². The van der Waals surface area contributed by atoms with Crippen molar-refractivity contribution in [3.8, 4) is 0 Å². The lowest BCUT2D eigenvalue weighted by molar-refractivity contribution is -0.144. The van der Waals surface area contributed by atoms with Gasteiger partial charge < -0.3 is 14.8 Å². The standard InChI is InChI=1S/C17H22FNO5/c1-17(2,3)24-16(22)19-14(15(21)23-4)10-13(20)9-11-5-7-12(18)8-6-11/h5-8,14H,9-10H2,1-4H3,(H,19,22)/t14-/m0/s1. The third kappa shape index (κ3) is 7.21. The molecule has 0 fully saturated rings. The van der Waals surface area contributed by atoms with Crippen LogP contribution in [0, 0.1) is 5.82 Å². The van der Waals surface area contributed by atoms with Crippen molar-refractivity contribution < 1.29 is 28.2 Å². The van der Waals surface area contributed by atoms with Crippen molar-refractivity contribution in [2.45, 2.75) is 45.3 Å². The van der Waals surface area contributed by atoms with Crippen LogP contribution >= 0.6 is 0 Å². The Labute approximate surface area is 140 Å². The number of amides is 1. The van der Waals surface area contributed by atoms with Crippen molar-refractivity contribution in [1.29, 1.82) is 0 Å². The number of rotatable bonds is 6. The molecule has 0 saturated heterocycles. The second kappa shape index (κ2) is 8.42. The summed E-state index contributed by atoms with van der Waals surface area (Å²) in [6.07, 6.45) is -1.04. The zero-order valence-corrected chi connectivity index (χ0v) is 14.2. The molecule has 0 heterocycles. The van der Waals surface area contributed by atoms with Crippen molar-refractivity contribution >= 4 is 17.8 Å². The van der Waals surface area contributed by atoms with Gasteiger partial charge in [0.25, 0.3) is 0 Å². The minimum Gasteiger partial charge on any atom is -0.467 e. The highest BCUT2D eigenvalue weighted by Gasteiger charge is 2.27. The highest BCUT2D eigenvalue weighted by atomic mass is 19.1. The minimum absolute atomic E-state index is 0.0176. The number of nitrogens with one attached hydrogen (secondary N) is 1. The number of halogens is 1. The van der Waals surface area contributed by atoms with Crippen LogP contribution < -0.4 is 5.32 Å². The van der Waals surface area contributed by atoms with E-state index < -0.39 is 29.5 Å². The van der Waals surface area contributed by atoms with Gasteiger partial charge in [-0.25, -0.2) is 14.0 Å². The van der Waals surface area contributed by atoms with Crippen LogP contribution in [-0.4, -0.2) is 36.6 Å². The van der Waals surface area contributed by atoms with E-state index in [1.165, 1.54) is 24.3 Å². The summed E-state index contributed by atoms with van der Waals surface area (Å²) in [5.74, 6) is -1.44. The van der Waals surface area contributed by atoms with Gasteiger partial charge in [-0.3, -0.25) is 4.79 Å². The lowest BCUT2D eigenvalue weighted by atomic mass is 10.0. The number of hydrogen-bond donors (Lipinski definition) is 1. The number of hydrogen-bond acceptors (Lipinski definition) is 5. The van der Waals surface area contributed by atoms with Gasteiger partial charge in [-0.05, 0) is 38.5 Å². The summed E-state index contributed by atoms with van der Waals surface area (Å²) in [5, 5.41) is 2.33. The molecule has 1 amide bonds. The third-order valence-electron chi connectivity index (χ3n) is 2.92. The van der Waals surface area contributed by atoms with Gasteiger partial charge in [0.15, 0.2) is 0 Å². The number of benzene rings is 1. The molecule has 1 N–H and O–H groups in total. The summed E-state index contributed by atoms with van der Waals surface area (Å²) in [6.45, 7) is 5.04. The highest BCUT2D eigenvalue weighted by Crippen LogP contribution is 2.09. The molecule has 0 unspecified atom stereocenters. The molecule has 0 aliphatic heterocycles. The van der Waals surface area contributed by atoms with Gasteiger partial charge in [0.2, 0.25) is 0 Å². The molecule has 0 aliphatic carbocycles. The van der Waals surface area contributed by atoms with Crippen molar-refractivity contribution in [1.82, 2.24) is 5.32 Å². The van der Waals surface area contributed by atoms with Crippen LogP contribution in [-0.2, 0) is 25.5 Å². The van der Waals surface area contributed by atoms with E-state index in [-0.39, 0.29) is 18.6 Å². The fraction of sp³-hybridized carbons (Fsp3) is 0.471. The van der Waals surface area contributed by atoms with E-state index in [2.05, 4.69) is 10.1 Å². The number of alkyl carbamates (subject to hydrolysis) is 1. The Morgan fingerprint density at radius 2 is 1.75 bits per heavy atom. The molecule has 1 atom stereocenters. The average molecular weight is 339 g/mol. The molecule has 1 aromatic carbocycles. The maximum absolute atomic E-state index is 12.9. The Morgan fingerprint density at radius 1 is 1.17 bits per heavy atom.